The Bertz CT molecular complexity index is 1940. The Labute approximate surface area is 292 Å². The first-order valence-corrected chi connectivity index (χ1v) is 19.1. The van der Waals surface area contributed by atoms with Crippen molar-refractivity contribution >= 4 is 26.6 Å². The highest BCUT2D eigenvalue weighted by molar-refractivity contribution is 7.92. The zero-order valence-corrected chi connectivity index (χ0v) is 29.7. The molecule has 0 bridgehead atoms. The number of pyridine rings is 1. The Morgan fingerprint density at radius 1 is 0.900 bits per heavy atom. The van der Waals surface area contributed by atoms with E-state index in [1.54, 1.807) is 26.0 Å². The van der Waals surface area contributed by atoms with E-state index in [1.165, 1.54) is 37.5 Å². The van der Waals surface area contributed by atoms with Crippen LogP contribution in [0.3, 0.4) is 0 Å². The van der Waals surface area contributed by atoms with Crippen LogP contribution in [-0.4, -0.2) is 66.6 Å². The number of nitrogens with one attached hydrogen (secondary N) is 1. The lowest BCUT2D eigenvalue weighted by molar-refractivity contribution is -0.137. The fourth-order valence-corrected chi connectivity index (χ4v) is 8.35. The van der Waals surface area contributed by atoms with Crippen LogP contribution >= 0.6 is 0 Å². The number of hydrogen-bond donors (Lipinski definition) is 1. The summed E-state index contributed by atoms with van der Waals surface area (Å²) in [5.74, 6) is -0.445. The van der Waals surface area contributed by atoms with Crippen molar-refractivity contribution in [1.29, 1.82) is 0 Å². The van der Waals surface area contributed by atoms with Crippen LogP contribution in [0.25, 0.3) is 22.2 Å². The van der Waals surface area contributed by atoms with E-state index in [0.717, 1.165) is 56.7 Å². The summed E-state index contributed by atoms with van der Waals surface area (Å²) >= 11 is 0. The summed E-state index contributed by atoms with van der Waals surface area (Å²) in [6.45, 7) is 9.05. The van der Waals surface area contributed by atoms with Crippen LogP contribution in [0.1, 0.15) is 86.0 Å². The number of nitrogens with zero attached hydrogens (tertiary/aromatic N) is 3. The molecule has 3 heterocycles. The van der Waals surface area contributed by atoms with Gasteiger partial charge < -0.3 is 10.2 Å². The summed E-state index contributed by atoms with van der Waals surface area (Å²) in [4.78, 5) is 24.3. The first-order valence-electron chi connectivity index (χ1n) is 17.5. The van der Waals surface area contributed by atoms with Crippen molar-refractivity contribution in [2.75, 3.05) is 26.2 Å². The van der Waals surface area contributed by atoms with Gasteiger partial charge in [0.05, 0.1) is 38.5 Å². The first-order chi connectivity index (χ1) is 23.8. The minimum absolute atomic E-state index is 0.0621. The molecule has 50 heavy (non-hydrogen) atoms. The lowest BCUT2D eigenvalue weighted by Gasteiger charge is -2.40. The highest BCUT2D eigenvalue weighted by Gasteiger charge is 2.33. The van der Waals surface area contributed by atoms with Gasteiger partial charge in [-0.05, 0) is 109 Å². The van der Waals surface area contributed by atoms with Gasteiger partial charge in [-0.2, -0.15) is 13.2 Å². The predicted octanol–water partition coefficient (Wildman–Crippen LogP) is 8.04. The zero-order valence-electron chi connectivity index (χ0n) is 28.8. The van der Waals surface area contributed by atoms with Gasteiger partial charge in [-0.25, -0.2) is 13.4 Å². The summed E-state index contributed by atoms with van der Waals surface area (Å²) in [7, 11) is -3.72. The van der Waals surface area contributed by atoms with Crippen molar-refractivity contribution in [3.63, 3.8) is 0 Å². The lowest BCUT2D eigenvalue weighted by atomic mass is 9.93. The molecular weight excluding hydrogens is 662 g/mol. The Hall–Kier alpha value is -3.80. The topological polar surface area (TPSA) is 82.6 Å². The van der Waals surface area contributed by atoms with Crippen LogP contribution in [0.2, 0.25) is 0 Å². The van der Waals surface area contributed by atoms with Crippen molar-refractivity contribution in [2.24, 2.45) is 0 Å². The Kier molecular flexibility index (Phi) is 10.7. The van der Waals surface area contributed by atoms with Crippen molar-refractivity contribution in [2.45, 2.75) is 87.8 Å². The van der Waals surface area contributed by atoms with Crippen LogP contribution in [0, 0.1) is 0 Å². The van der Waals surface area contributed by atoms with Crippen molar-refractivity contribution < 1.29 is 26.4 Å². The number of halogens is 3. The molecule has 0 unspecified atom stereocenters. The molecule has 4 aromatic rings. The number of carbonyl (C=O) groups is 1. The number of rotatable bonds is 9. The molecule has 0 spiro atoms. The summed E-state index contributed by atoms with van der Waals surface area (Å²) < 4.78 is 68.7. The van der Waals surface area contributed by atoms with Crippen LogP contribution in [0.15, 0.2) is 77.7 Å². The van der Waals surface area contributed by atoms with Crippen molar-refractivity contribution in [1.82, 2.24) is 20.1 Å². The SMILES string of the molecule is CC(C)S(=O)(=O)c1ccc2nc(-c3cccc(C(F)(F)F)c3)c(CN3CCC(N4CCCCC4)CC3)c(C(=O)N[C@@H](C)c3ccccc3)c2c1. The summed E-state index contributed by atoms with van der Waals surface area (Å²) in [5.41, 5.74) is 1.61. The van der Waals surface area contributed by atoms with Gasteiger partial charge in [0.15, 0.2) is 9.84 Å². The highest BCUT2D eigenvalue weighted by Crippen LogP contribution is 2.37. The molecule has 1 amide bonds. The van der Waals surface area contributed by atoms with Gasteiger partial charge in [0.2, 0.25) is 0 Å². The third kappa shape index (κ3) is 7.75. The second kappa shape index (κ2) is 14.8. The van der Waals surface area contributed by atoms with E-state index in [1.807, 2.05) is 37.3 Å². The molecule has 3 aromatic carbocycles. The molecule has 2 saturated heterocycles. The minimum atomic E-state index is -4.57. The molecule has 1 atom stereocenters. The molecule has 0 aliphatic carbocycles. The molecule has 1 aromatic heterocycles. The maximum absolute atomic E-state index is 14.6. The molecule has 0 radical (unpaired) electrons. The molecule has 6 rings (SSSR count). The normalized spacial score (nSPS) is 17.7. The van der Waals surface area contributed by atoms with Gasteiger partial charge in [0.1, 0.15) is 0 Å². The van der Waals surface area contributed by atoms with E-state index >= 15 is 0 Å². The number of benzene rings is 3. The van der Waals surface area contributed by atoms with Crippen LogP contribution in [0.5, 0.6) is 0 Å². The van der Waals surface area contributed by atoms with Crippen LogP contribution < -0.4 is 5.32 Å². The number of carbonyl (C=O) groups excluding carboxylic acids is 1. The van der Waals surface area contributed by atoms with Crippen molar-refractivity contribution in [3.8, 4) is 11.3 Å². The van der Waals surface area contributed by atoms with Gasteiger partial charge in [-0.3, -0.25) is 9.69 Å². The summed E-state index contributed by atoms with van der Waals surface area (Å²) in [5, 5.41) is 2.75. The molecule has 2 aliphatic rings. The number of sulfone groups is 1. The lowest BCUT2D eigenvalue weighted by Crippen LogP contribution is -2.46. The molecule has 2 aliphatic heterocycles. The molecule has 1 N–H and O–H groups in total. The number of alkyl halides is 3. The van der Waals surface area contributed by atoms with Crippen LogP contribution in [0.4, 0.5) is 13.2 Å². The van der Waals surface area contributed by atoms with E-state index < -0.39 is 38.8 Å². The third-order valence-electron chi connectivity index (χ3n) is 10.2. The van der Waals surface area contributed by atoms with Gasteiger partial charge in [0.25, 0.3) is 5.91 Å². The van der Waals surface area contributed by atoms with E-state index in [9.17, 15) is 26.4 Å². The molecule has 11 heteroatoms. The Morgan fingerprint density at radius 3 is 2.26 bits per heavy atom. The third-order valence-corrected chi connectivity index (χ3v) is 12.3. The summed E-state index contributed by atoms with van der Waals surface area (Å²) in [6, 6.07) is 19.1. The highest BCUT2D eigenvalue weighted by atomic mass is 32.2. The van der Waals surface area contributed by atoms with Gasteiger partial charge >= 0.3 is 6.18 Å². The maximum atomic E-state index is 14.6. The Morgan fingerprint density at radius 2 is 1.60 bits per heavy atom. The largest absolute Gasteiger partial charge is 0.416 e. The van der Waals surface area contributed by atoms with Crippen LogP contribution in [-0.2, 0) is 22.6 Å². The van der Waals surface area contributed by atoms with Gasteiger partial charge in [-0.15, -0.1) is 0 Å². The molecule has 2 fully saturated rings. The number of amides is 1. The van der Waals surface area contributed by atoms with Gasteiger partial charge in [-0.1, -0.05) is 48.9 Å². The maximum Gasteiger partial charge on any atom is 0.416 e. The van der Waals surface area contributed by atoms with E-state index in [0.29, 0.717) is 22.5 Å². The van der Waals surface area contributed by atoms with E-state index in [4.69, 9.17) is 4.98 Å². The molecule has 7 nitrogen and oxygen atoms in total. The van der Waals surface area contributed by atoms with Crippen molar-refractivity contribution in [3.05, 3.63) is 95.1 Å². The average Bonchev–Trinajstić information content (AvgIpc) is 3.11. The van der Waals surface area contributed by atoms with E-state index in [2.05, 4.69) is 15.1 Å². The van der Waals surface area contributed by atoms with E-state index in [-0.39, 0.29) is 28.3 Å². The monoisotopic (exact) mass is 706 g/mol. The fraction of sp³-hybridized carbons (Fsp3) is 0.436. The molecular formula is C39H45F3N4O3S. The number of fused-ring (bicyclic) bond motifs is 1. The standard InChI is InChI=1S/C39H45F3N4O3S/c1-26(2)50(48,49)32-15-16-35-33(24-32)36(38(47)43-27(3)28-11-6-4-7-12-28)34(37(44-35)29-13-10-14-30(23-29)39(40,41)42)25-45-21-17-31(18-22-45)46-19-8-5-9-20-46/h4,6-7,10-16,23-24,26-27,31H,5,8-9,17-22,25H2,1-3H3,(H,43,47)/t27-/m0/s1. The Balaban J connectivity index is 1.50. The van der Waals surface area contributed by atoms with Gasteiger partial charge in [0, 0.05) is 29.1 Å². The smallest absolute Gasteiger partial charge is 0.345 e. The quantitative estimate of drug-likeness (QED) is 0.190. The molecule has 266 valence electrons. The number of hydrogen-bond acceptors (Lipinski definition) is 6. The predicted molar refractivity (Wildman–Crippen MR) is 191 cm³/mol. The second-order valence-electron chi connectivity index (χ2n) is 13.9. The summed E-state index contributed by atoms with van der Waals surface area (Å²) in [6.07, 6.45) is 0.993. The zero-order chi connectivity index (χ0) is 35.6. The number of likely N-dealkylation sites (tertiary alicyclic amines) is 2. The number of piperidine rings is 2. The fourth-order valence-electron chi connectivity index (χ4n) is 7.27. The minimum Gasteiger partial charge on any atom is -0.345 e. The molecule has 0 saturated carbocycles. The second-order valence-corrected chi connectivity index (χ2v) is 16.4. The average molecular weight is 707 g/mol. The first kappa shape index (κ1) is 36.0. The number of aromatic nitrogens is 1.